The Morgan fingerprint density at radius 2 is 2.04 bits per heavy atom. The van der Waals surface area contributed by atoms with Crippen molar-refractivity contribution in [2.24, 2.45) is 0 Å². The van der Waals surface area contributed by atoms with Crippen LogP contribution in [0.1, 0.15) is 23.2 Å². The summed E-state index contributed by atoms with van der Waals surface area (Å²) < 4.78 is 28.1. The van der Waals surface area contributed by atoms with Gasteiger partial charge in [0.1, 0.15) is 11.6 Å². The van der Waals surface area contributed by atoms with Crippen LogP contribution >= 0.6 is 0 Å². The summed E-state index contributed by atoms with van der Waals surface area (Å²) in [6.07, 6.45) is 0.373. The highest BCUT2D eigenvalue weighted by Crippen LogP contribution is 2.25. The van der Waals surface area contributed by atoms with Gasteiger partial charge in [-0.2, -0.15) is 5.10 Å². The zero-order valence-corrected chi connectivity index (χ0v) is 13.6. The lowest BCUT2D eigenvalue weighted by Gasteiger charge is -2.13. The molecular formula is C17H14F2N6O. The molecular weight excluding hydrogens is 342 g/mol. The molecule has 7 nitrogen and oxygen atoms in total. The van der Waals surface area contributed by atoms with E-state index in [0.717, 1.165) is 17.8 Å². The Kier molecular flexibility index (Phi) is 3.85. The van der Waals surface area contributed by atoms with Crippen LogP contribution in [0.3, 0.4) is 0 Å². The molecule has 0 spiro atoms. The van der Waals surface area contributed by atoms with Gasteiger partial charge in [0, 0.05) is 18.0 Å². The van der Waals surface area contributed by atoms with Gasteiger partial charge in [-0.3, -0.25) is 5.10 Å². The Labute approximate surface area is 146 Å². The molecule has 3 N–H and O–H groups in total. The summed E-state index contributed by atoms with van der Waals surface area (Å²) in [5, 5.41) is 24.7. The highest BCUT2D eigenvalue weighted by atomic mass is 19.2. The zero-order chi connectivity index (χ0) is 18.3. The fourth-order valence-electron chi connectivity index (χ4n) is 2.59. The van der Waals surface area contributed by atoms with Crippen LogP contribution in [0.5, 0.6) is 0 Å². The Morgan fingerprint density at radius 3 is 2.77 bits per heavy atom. The number of hydrogen-bond acceptors (Lipinski definition) is 5. The number of benzene rings is 1. The van der Waals surface area contributed by atoms with E-state index >= 15 is 0 Å². The number of fused-ring (bicyclic) bond motifs is 1. The summed E-state index contributed by atoms with van der Waals surface area (Å²) >= 11 is 0. The number of aromatic amines is 1. The fourth-order valence-corrected chi connectivity index (χ4v) is 2.59. The van der Waals surface area contributed by atoms with Crippen LogP contribution in [0.2, 0.25) is 0 Å². The summed E-state index contributed by atoms with van der Waals surface area (Å²) in [6.45, 7) is 1.86. The van der Waals surface area contributed by atoms with Crippen molar-refractivity contribution in [2.75, 3.05) is 5.32 Å². The molecule has 0 aliphatic rings. The Bertz CT molecular complexity index is 1090. The lowest BCUT2D eigenvalue weighted by molar-refractivity contribution is 0.207. The molecule has 132 valence electrons. The van der Waals surface area contributed by atoms with Crippen LogP contribution in [-0.4, -0.2) is 29.9 Å². The third-order valence-corrected chi connectivity index (χ3v) is 3.86. The van der Waals surface area contributed by atoms with E-state index < -0.39 is 17.7 Å². The Hall–Kier alpha value is -3.33. The summed E-state index contributed by atoms with van der Waals surface area (Å²) in [7, 11) is 0. The summed E-state index contributed by atoms with van der Waals surface area (Å²) in [6, 6.07) is 8.54. The predicted molar refractivity (Wildman–Crippen MR) is 90.0 cm³/mol. The van der Waals surface area contributed by atoms with Gasteiger partial charge in [0.05, 0.1) is 0 Å². The van der Waals surface area contributed by atoms with Crippen LogP contribution < -0.4 is 5.32 Å². The molecule has 0 bridgehead atoms. The lowest BCUT2D eigenvalue weighted by Crippen LogP contribution is -2.11. The lowest BCUT2D eigenvalue weighted by atomic mass is 10.1. The maximum atomic E-state index is 13.5. The molecule has 0 saturated carbocycles. The summed E-state index contributed by atoms with van der Waals surface area (Å²) in [5.41, 5.74) is 1.69. The standard InChI is InChI=1S/C17H14F2N6O/c1-9-7-14(23-22-9)20-16-13-3-2-6-25(13)24-17(21-16)15(26)10-4-5-11(18)12(19)8-10/h2-8,15,26H,1H3,(H2,20,21,22,23,24). The number of rotatable bonds is 4. The van der Waals surface area contributed by atoms with Crippen LogP contribution in [0.4, 0.5) is 20.4 Å². The van der Waals surface area contributed by atoms with Crippen molar-refractivity contribution in [3.63, 3.8) is 0 Å². The van der Waals surface area contributed by atoms with Gasteiger partial charge in [-0.15, -0.1) is 5.10 Å². The molecule has 3 aromatic heterocycles. The van der Waals surface area contributed by atoms with Crippen molar-refractivity contribution in [3.05, 3.63) is 71.3 Å². The molecule has 0 aliphatic carbocycles. The van der Waals surface area contributed by atoms with Gasteiger partial charge in [-0.25, -0.2) is 18.3 Å². The average Bonchev–Trinajstić information content (AvgIpc) is 3.25. The number of aromatic nitrogens is 5. The molecule has 4 rings (SSSR count). The monoisotopic (exact) mass is 356 g/mol. The highest BCUT2D eigenvalue weighted by molar-refractivity contribution is 5.72. The molecule has 4 aromatic rings. The van der Waals surface area contributed by atoms with E-state index in [4.69, 9.17) is 0 Å². The second kappa shape index (κ2) is 6.19. The normalized spacial score (nSPS) is 12.5. The van der Waals surface area contributed by atoms with Gasteiger partial charge < -0.3 is 10.4 Å². The quantitative estimate of drug-likeness (QED) is 0.523. The molecule has 1 aromatic carbocycles. The smallest absolute Gasteiger partial charge is 0.184 e. The number of hydrogen-bond donors (Lipinski definition) is 3. The number of aliphatic hydroxyl groups is 1. The topological polar surface area (TPSA) is 91.1 Å². The van der Waals surface area contributed by atoms with Gasteiger partial charge in [0.15, 0.2) is 29.1 Å². The van der Waals surface area contributed by atoms with E-state index in [0.29, 0.717) is 17.2 Å². The number of H-pyrrole nitrogens is 1. The van der Waals surface area contributed by atoms with Gasteiger partial charge >= 0.3 is 0 Å². The SMILES string of the molecule is Cc1cc(Nc2nc(C(O)c3ccc(F)c(F)c3)nn3cccc23)n[nH]1. The molecule has 9 heteroatoms. The first-order valence-electron chi connectivity index (χ1n) is 7.78. The first-order chi connectivity index (χ1) is 12.5. The van der Waals surface area contributed by atoms with E-state index in [1.165, 1.54) is 10.6 Å². The van der Waals surface area contributed by atoms with Crippen LogP contribution in [0.25, 0.3) is 5.52 Å². The van der Waals surface area contributed by atoms with Crippen molar-refractivity contribution < 1.29 is 13.9 Å². The van der Waals surface area contributed by atoms with Crippen molar-refractivity contribution in [1.82, 2.24) is 24.8 Å². The highest BCUT2D eigenvalue weighted by Gasteiger charge is 2.19. The maximum absolute atomic E-state index is 13.5. The number of nitrogens with zero attached hydrogens (tertiary/aromatic N) is 4. The third kappa shape index (κ3) is 2.88. The van der Waals surface area contributed by atoms with Crippen LogP contribution in [0.15, 0.2) is 42.6 Å². The first kappa shape index (κ1) is 16.2. The minimum Gasteiger partial charge on any atom is -0.380 e. The molecule has 1 atom stereocenters. The molecule has 26 heavy (non-hydrogen) atoms. The molecule has 1 unspecified atom stereocenters. The molecule has 0 radical (unpaired) electrons. The van der Waals surface area contributed by atoms with E-state index in [2.05, 4.69) is 25.6 Å². The van der Waals surface area contributed by atoms with Crippen molar-refractivity contribution in [3.8, 4) is 0 Å². The average molecular weight is 356 g/mol. The van der Waals surface area contributed by atoms with Crippen LogP contribution in [0, 0.1) is 18.6 Å². The van der Waals surface area contributed by atoms with E-state index in [1.807, 2.05) is 6.92 Å². The second-order valence-corrected chi connectivity index (χ2v) is 5.79. The molecule has 0 amide bonds. The number of aryl methyl sites for hydroxylation is 1. The van der Waals surface area contributed by atoms with Crippen molar-refractivity contribution in [2.45, 2.75) is 13.0 Å². The molecule has 0 fully saturated rings. The van der Waals surface area contributed by atoms with E-state index in [9.17, 15) is 13.9 Å². The molecule has 3 heterocycles. The largest absolute Gasteiger partial charge is 0.380 e. The van der Waals surface area contributed by atoms with Gasteiger partial charge in [-0.05, 0) is 36.8 Å². The third-order valence-electron chi connectivity index (χ3n) is 3.86. The minimum atomic E-state index is -1.32. The van der Waals surface area contributed by atoms with Crippen LogP contribution in [-0.2, 0) is 0 Å². The maximum Gasteiger partial charge on any atom is 0.184 e. The summed E-state index contributed by atoms with van der Waals surface area (Å²) in [4.78, 5) is 4.34. The number of anilines is 2. The van der Waals surface area contributed by atoms with E-state index in [-0.39, 0.29) is 11.4 Å². The second-order valence-electron chi connectivity index (χ2n) is 5.79. The molecule has 0 aliphatic heterocycles. The predicted octanol–water partition coefficient (Wildman–Crippen LogP) is 2.86. The minimum absolute atomic E-state index is 0.0365. The zero-order valence-electron chi connectivity index (χ0n) is 13.6. The number of aliphatic hydroxyl groups excluding tert-OH is 1. The Morgan fingerprint density at radius 1 is 1.19 bits per heavy atom. The number of halogens is 2. The van der Waals surface area contributed by atoms with Crippen molar-refractivity contribution >= 4 is 17.2 Å². The van der Waals surface area contributed by atoms with Gasteiger partial charge in [0.25, 0.3) is 0 Å². The molecule has 0 saturated heterocycles. The van der Waals surface area contributed by atoms with Gasteiger partial charge in [-0.1, -0.05) is 6.07 Å². The summed E-state index contributed by atoms with van der Waals surface area (Å²) in [5.74, 6) is -1.02. The fraction of sp³-hybridized carbons (Fsp3) is 0.118. The van der Waals surface area contributed by atoms with E-state index in [1.54, 1.807) is 24.4 Å². The first-order valence-corrected chi connectivity index (χ1v) is 7.78. The van der Waals surface area contributed by atoms with Gasteiger partial charge in [0.2, 0.25) is 0 Å². The Balaban J connectivity index is 1.76. The number of nitrogens with one attached hydrogen (secondary N) is 2. The van der Waals surface area contributed by atoms with Crippen molar-refractivity contribution in [1.29, 1.82) is 0 Å².